The molecular formula is C21H22F3N5. The molecule has 1 aliphatic rings. The van der Waals surface area contributed by atoms with Gasteiger partial charge in [-0.3, -0.25) is 9.97 Å². The molecule has 0 aromatic carbocycles. The van der Waals surface area contributed by atoms with Crippen LogP contribution in [0.2, 0.25) is 0 Å². The number of nitrogens with one attached hydrogen (secondary N) is 2. The van der Waals surface area contributed by atoms with Crippen molar-refractivity contribution in [2.45, 2.75) is 44.4 Å². The molecule has 1 atom stereocenters. The van der Waals surface area contributed by atoms with Gasteiger partial charge >= 0.3 is 6.18 Å². The van der Waals surface area contributed by atoms with E-state index in [1.807, 2.05) is 12.1 Å². The number of aromatic nitrogens is 3. The Labute approximate surface area is 166 Å². The van der Waals surface area contributed by atoms with E-state index in [0.29, 0.717) is 22.8 Å². The lowest BCUT2D eigenvalue weighted by Gasteiger charge is -2.37. The van der Waals surface area contributed by atoms with Gasteiger partial charge in [-0.25, -0.2) is 4.98 Å². The number of halogens is 3. The van der Waals surface area contributed by atoms with Crippen LogP contribution in [0.3, 0.4) is 0 Å². The second-order valence-electron chi connectivity index (χ2n) is 8.00. The number of rotatable bonds is 3. The molecule has 1 fully saturated rings. The van der Waals surface area contributed by atoms with Crippen LogP contribution in [0.1, 0.15) is 32.4 Å². The molecule has 8 heteroatoms. The van der Waals surface area contributed by atoms with E-state index in [1.165, 1.54) is 12.3 Å². The third kappa shape index (κ3) is 4.32. The third-order valence-electron chi connectivity index (χ3n) is 5.15. The van der Waals surface area contributed by atoms with Gasteiger partial charge in [0.1, 0.15) is 11.2 Å². The Morgan fingerprint density at radius 2 is 1.93 bits per heavy atom. The van der Waals surface area contributed by atoms with Gasteiger partial charge in [0.25, 0.3) is 0 Å². The van der Waals surface area contributed by atoms with Crippen molar-refractivity contribution in [3.8, 4) is 11.3 Å². The molecule has 1 aliphatic heterocycles. The fourth-order valence-electron chi connectivity index (χ4n) is 3.73. The van der Waals surface area contributed by atoms with Crippen LogP contribution in [0.15, 0.2) is 42.7 Å². The van der Waals surface area contributed by atoms with Gasteiger partial charge in [-0.05, 0) is 63.6 Å². The van der Waals surface area contributed by atoms with Crippen molar-refractivity contribution in [2.75, 3.05) is 11.9 Å². The number of hydrogen-bond acceptors (Lipinski definition) is 5. The summed E-state index contributed by atoms with van der Waals surface area (Å²) in [6.45, 7) is 5.29. The number of alkyl halides is 3. The second kappa shape index (κ2) is 7.26. The zero-order valence-corrected chi connectivity index (χ0v) is 16.2. The molecular weight excluding hydrogens is 379 g/mol. The zero-order chi connectivity index (χ0) is 20.6. The first-order valence-corrected chi connectivity index (χ1v) is 9.52. The highest BCUT2D eigenvalue weighted by Crippen LogP contribution is 2.30. The maximum Gasteiger partial charge on any atom is 0.433 e. The van der Waals surface area contributed by atoms with Gasteiger partial charge in [0.15, 0.2) is 0 Å². The Morgan fingerprint density at radius 3 is 2.62 bits per heavy atom. The van der Waals surface area contributed by atoms with Crippen LogP contribution in [-0.4, -0.2) is 33.1 Å². The minimum Gasteiger partial charge on any atom is -0.380 e. The highest BCUT2D eigenvalue weighted by molar-refractivity contribution is 5.89. The molecule has 0 saturated carbocycles. The Hall–Kier alpha value is -2.74. The lowest BCUT2D eigenvalue weighted by molar-refractivity contribution is -0.141. The predicted octanol–water partition coefficient (Wildman–Crippen LogP) is 4.65. The average Bonchev–Trinajstić information content (AvgIpc) is 2.67. The van der Waals surface area contributed by atoms with Crippen LogP contribution in [0.4, 0.5) is 18.9 Å². The number of anilines is 1. The van der Waals surface area contributed by atoms with Gasteiger partial charge in [-0.2, -0.15) is 13.2 Å². The van der Waals surface area contributed by atoms with Crippen molar-refractivity contribution in [2.24, 2.45) is 0 Å². The van der Waals surface area contributed by atoms with E-state index in [9.17, 15) is 13.2 Å². The molecule has 0 amide bonds. The summed E-state index contributed by atoms with van der Waals surface area (Å²) in [7, 11) is 0. The zero-order valence-electron chi connectivity index (χ0n) is 16.2. The molecule has 0 bridgehead atoms. The number of hydrogen-bond donors (Lipinski definition) is 2. The van der Waals surface area contributed by atoms with Crippen LogP contribution < -0.4 is 10.6 Å². The summed E-state index contributed by atoms with van der Waals surface area (Å²) in [4.78, 5) is 12.6. The maximum atomic E-state index is 12.8. The summed E-state index contributed by atoms with van der Waals surface area (Å²) in [5.41, 5.74) is 2.52. The molecule has 29 heavy (non-hydrogen) atoms. The molecule has 4 heterocycles. The highest BCUT2D eigenvalue weighted by atomic mass is 19.4. The Balaban J connectivity index is 1.65. The Kier molecular flexibility index (Phi) is 4.90. The highest BCUT2D eigenvalue weighted by Gasteiger charge is 2.32. The van der Waals surface area contributed by atoms with E-state index in [2.05, 4.69) is 39.4 Å². The molecule has 4 rings (SSSR count). The molecule has 3 aromatic heterocycles. The van der Waals surface area contributed by atoms with Gasteiger partial charge in [-0.1, -0.05) is 0 Å². The van der Waals surface area contributed by atoms with Gasteiger partial charge in [0, 0.05) is 29.5 Å². The van der Waals surface area contributed by atoms with E-state index in [4.69, 9.17) is 0 Å². The van der Waals surface area contributed by atoms with Crippen molar-refractivity contribution in [1.29, 1.82) is 0 Å². The topological polar surface area (TPSA) is 62.7 Å². The van der Waals surface area contributed by atoms with Crippen LogP contribution >= 0.6 is 0 Å². The smallest absolute Gasteiger partial charge is 0.380 e. The van der Waals surface area contributed by atoms with Crippen LogP contribution in [-0.2, 0) is 6.18 Å². The van der Waals surface area contributed by atoms with Crippen molar-refractivity contribution >= 4 is 16.7 Å². The number of piperidine rings is 1. The van der Waals surface area contributed by atoms with Crippen molar-refractivity contribution in [3.05, 3.63) is 48.4 Å². The van der Waals surface area contributed by atoms with Crippen LogP contribution in [0, 0.1) is 0 Å². The Bertz CT molecular complexity index is 1010. The van der Waals surface area contributed by atoms with Crippen molar-refractivity contribution in [3.63, 3.8) is 0 Å². The summed E-state index contributed by atoms with van der Waals surface area (Å²) >= 11 is 0. The van der Waals surface area contributed by atoms with Crippen LogP contribution in [0.5, 0.6) is 0 Å². The molecule has 1 saturated heterocycles. The van der Waals surface area contributed by atoms with Gasteiger partial charge in [-0.15, -0.1) is 0 Å². The minimum atomic E-state index is -4.46. The van der Waals surface area contributed by atoms with Crippen LogP contribution in [0.25, 0.3) is 22.3 Å². The Morgan fingerprint density at radius 1 is 1.10 bits per heavy atom. The molecule has 0 aliphatic carbocycles. The fraction of sp³-hybridized carbons (Fsp3) is 0.381. The maximum absolute atomic E-state index is 12.8. The number of fused-ring (bicyclic) bond motifs is 1. The SMILES string of the molecule is CC1(C)CC(Nc2ccnc3ccc(-c4ccc(C(F)(F)F)nc4)nc23)CCN1. The third-order valence-corrected chi connectivity index (χ3v) is 5.15. The number of nitrogens with zero attached hydrogens (tertiary/aromatic N) is 3. The van der Waals surface area contributed by atoms with E-state index in [-0.39, 0.29) is 5.54 Å². The fourth-order valence-corrected chi connectivity index (χ4v) is 3.73. The molecule has 3 aromatic rings. The van der Waals surface area contributed by atoms with E-state index in [1.54, 1.807) is 12.3 Å². The van der Waals surface area contributed by atoms with Crippen molar-refractivity contribution in [1.82, 2.24) is 20.3 Å². The summed E-state index contributed by atoms with van der Waals surface area (Å²) in [6.07, 6.45) is 0.446. The van der Waals surface area contributed by atoms with Gasteiger partial charge in [0.2, 0.25) is 0 Å². The molecule has 5 nitrogen and oxygen atoms in total. The summed E-state index contributed by atoms with van der Waals surface area (Å²) in [6, 6.07) is 8.13. The first-order valence-electron chi connectivity index (χ1n) is 9.52. The van der Waals surface area contributed by atoms with E-state index >= 15 is 0 Å². The normalized spacial score (nSPS) is 19.3. The minimum absolute atomic E-state index is 0.0588. The van der Waals surface area contributed by atoms with Crippen molar-refractivity contribution < 1.29 is 13.2 Å². The largest absolute Gasteiger partial charge is 0.433 e. The number of pyridine rings is 3. The molecule has 1 unspecified atom stereocenters. The van der Waals surface area contributed by atoms with Gasteiger partial charge in [0.05, 0.1) is 16.9 Å². The second-order valence-corrected chi connectivity index (χ2v) is 8.00. The summed E-state index contributed by atoms with van der Waals surface area (Å²) < 4.78 is 38.3. The summed E-state index contributed by atoms with van der Waals surface area (Å²) in [5, 5.41) is 7.08. The van der Waals surface area contributed by atoms with Gasteiger partial charge < -0.3 is 10.6 Å². The quantitative estimate of drug-likeness (QED) is 0.669. The summed E-state index contributed by atoms with van der Waals surface area (Å²) in [5.74, 6) is 0. The molecule has 0 radical (unpaired) electrons. The molecule has 0 spiro atoms. The van der Waals surface area contributed by atoms with E-state index in [0.717, 1.165) is 36.7 Å². The van der Waals surface area contributed by atoms with E-state index < -0.39 is 11.9 Å². The predicted molar refractivity (Wildman–Crippen MR) is 106 cm³/mol. The lowest BCUT2D eigenvalue weighted by atomic mass is 9.89. The first-order chi connectivity index (χ1) is 13.7. The lowest BCUT2D eigenvalue weighted by Crippen LogP contribution is -2.50. The standard InChI is InChI=1S/C21H22F3N5/c1-20(2)11-14(7-10-27-20)28-17-8-9-25-16-5-4-15(29-19(16)17)13-3-6-18(26-12-13)21(22,23)24/h3-6,8-9,12,14,27H,7,10-11H2,1-2H3,(H,25,28). The average molecular weight is 401 g/mol. The monoisotopic (exact) mass is 401 g/mol. The first kappa shape index (κ1) is 19.6. The molecule has 152 valence electrons. The molecule has 2 N–H and O–H groups in total.